The number of halogens is 2. The van der Waals surface area contributed by atoms with Gasteiger partial charge in [-0.2, -0.15) is 5.10 Å². The zero-order valence-corrected chi connectivity index (χ0v) is 13.9. The minimum atomic E-state index is -0.514. The van der Waals surface area contributed by atoms with E-state index in [9.17, 15) is 19.3 Å². The summed E-state index contributed by atoms with van der Waals surface area (Å²) in [5.41, 5.74) is 0.652. The lowest BCUT2D eigenvalue weighted by Gasteiger charge is -2.07. The molecule has 3 aromatic rings. The third kappa shape index (κ3) is 4.01. The fourth-order valence-electron chi connectivity index (χ4n) is 2.19. The second-order valence-corrected chi connectivity index (χ2v) is 5.65. The summed E-state index contributed by atoms with van der Waals surface area (Å²) in [5, 5.41) is 17.6. The van der Waals surface area contributed by atoms with E-state index >= 15 is 0 Å². The average molecular weight is 376 g/mol. The van der Waals surface area contributed by atoms with Gasteiger partial charge < -0.3 is 5.32 Å². The number of nitrogens with one attached hydrogen (secondary N) is 1. The Hall–Kier alpha value is -3.33. The van der Waals surface area contributed by atoms with Crippen LogP contribution in [0.1, 0.15) is 0 Å². The Morgan fingerprint density at radius 2 is 2.12 bits per heavy atom. The summed E-state index contributed by atoms with van der Waals surface area (Å²) in [6.45, 7) is -0.157. The van der Waals surface area contributed by atoms with E-state index in [1.165, 1.54) is 41.3 Å². The van der Waals surface area contributed by atoms with E-state index in [1.807, 2.05) is 0 Å². The molecule has 0 fully saturated rings. The second kappa shape index (κ2) is 7.28. The van der Waals surface area contributed by atoms with Crippen molar-refractivity contribution >= 4 is 28.9 Å². The number of carbonyl (C=O) groups excluding carboxylic acids is 1. The Bertz CT molecular complexity index is 992. The smallest absolute Gasteiger partial charge is 0.270 e. The number of nitrogens with zero attached hydrogens (tertiary/aromatic N) is 4. The molecule has 10 heteroatoms. The van der Waals surface area contributed by atoms with Gasteiger partial charge in [0.05, 0.1) is 15.6 Å². The summed E-state index contributed by atoms with van der Waals surface area (Å²) in [6.07, 6.45) is 1.33. The molecule has 1 amide bonds. The van der Waals surface area contributed by atoms with Crippen molar-refractivity contribution in [1.82, 2.24) is 14.8 Å². The molecule has 0 unspecified atom stereocenters. The Balaban J connectivity index is 1.71. The number of anilines is 1. The molecule has 0 saturated heterocycles. The zero-order valence-electron chi connectivity index (χ0n) is 13.1. The van der Waals surface area contributed by atoms with Crippen molar-refractivity contribution in [3.63, 3.8) is 0 Å². The first-order valence-electron chi connectivity index (χ1n) is 7.31. The van der Waals surface area contributed by atoms with Crippen molar-refractivity contribution in [2.45, 2.75) is 6.54 Å². The van der Waals surface area contributed by atoms with Gasteiger partial charge in [0.1, 0.15) is 18.7 Å². The normalized spacial score (nSPS) is 10.5. The first kappa shape index (κ1) is 17.5. The predicted octanol–water partition coefficient (Wildman–Crippen LogP) is 3.28. The van der Waals surface area contributed by atoms with Crippen LogP contribution in [0, 0.1) is 15.9 Å². The highest BCUT2D eigenvalue weighted by Crippen LogP contribution is 2.23. The van der Waals surface area contributed by atoms with E-state index in [4.69, 9.17) is 11.6 Å². The number of carbonyl (C=O) groups is 1. The number of non-ortho nitro benzene ring substituents is 1. The molecule has 0 aliphatic heterocycles. The van der Waals surface area contributed by atoms with Crippen LogP contribution in [-0.4, -0.2) is 25.6 Å². The summed E-state index contributed by atoms with van der Waals surface area (Å²) >= 11 is 5.86. The SMILES string of the molecule is O=C(Cn1cnc(-c2cccc([N+](=O)[O-])c2)n1)Nc1ccc(F)cc1Cl. The molecular weight excluding hydrogens is 365 g/mol. The van der Waals surface area contributed by atoms with E-state index in [0.29, 0.717) is 5.56 Å². The third-order valence-electron chi connectivity index (χ3n) is 3.36. The minimum Gasteiger partial charge on any atom is -0.323 e. The molecule has 3 rings (SSSR count). The van der Waals surface area contributed by atoms with Crippen molar-refractivity contribution in [1.29, 1.82) is 0 Å². The Labute approximate surface area is 151 Å². The maximum absolute atomic E-state index is 13.0. The summed E-state index contributed by atoms with van der Waals surface area (Å²) in [5.74, 6) is -0.693. The number of benzene rings is 2. The van der Waals surface area contributed by atoms with Gasteiger partial charge in [0, 0.05) is 17.7 Å². The van der Waals surface area contributed by atoms with E-state index < -0.39 is 16.6 Å². The van der Waals surface area contributed by atoms with Crippen LogP contribution in [0.15, 0.2) is 48.8 Å². The monoisotopic (exact) mass is 375 g/mol. The molecule has 0 bridgehead atoms. The molecule has 8 nitrogen and oxygen atoms in total. The Morgan fingerprint density at radius 3 is 2.85 bits per heavy atom. The highest BCUT2D eigenvalue weighted by molar-refractivity contribution is 6.33. The van der Waals surface area contributed by atoms with E-state index in [1.54, 1.807) is 6.07 Å². The first-order valence-corrected chi connectivity index (χ1v) is 7.69. The highest BCUT2D eigenvalue weighted by Gasteiger charge is 2.12. The quantitative estimate of drug-likeness (QED) is 0.544. The standard InChI is InChI=1S/C16H11ClFN5O3/c17-13-7-11(18)4-5-14(13)20-15(24)8-22-9-19-16(21-22)10-2-1-3-12(6-10)23(25)26/h1-7,9H,8H2,(H,20,24). The number of hydrogen-bond donors (Lipinski definition) is 1. The van der Waals surface area contributed by atoms with Crippen molar-refractivity contribution in [2.24, 2.45) is 0 Å². The van der Waals surface area contributed by atoms with Gasteiger partial charge in [0.15, 0.2) is 5.82 Å². The summed E-state index contributed by atoms with van der Waals surface area (Å²) in [4.78, 5) is 26.4. The van der Waals surface area contributed by atoms with Crippen LogP contribution in [0.25, 0.3) is 11.4 Å². The van der Waals surface area contributed by atoms with Gasteiger partial charge in [-0.25, -0.2) is 14.1 Å². The number of aromatic nitrogens is 3. The Kier molecular flexibility index (Phi) is 4.90. The third-order valence-corrected chi connectivity index (χ3v) is 3.68. The fraction of sp³-hybridized carbons (Fsp3) is 0.0625. The highest BCUT2D eigenvalue weighted by atomic mass is 35.5. The number of amides is 1. The molecule has 1 aromatic heterocycles. The lowest BCUT2D eigenvalue weighted by molar-refractivity contribution is -0.384. The van der Waals surface area contributed by atoms with Gasteiger partial charge in [-0.3, -0.25) is 14.9 Å². The maximum Gasteiger partial charge on any atom is 0.270 e. The topological polar surface area (TPSA) is 103 Å². The lowest BCUT2D eigenvalue weighted by atomic mass is 10.2. The molecule has 26 heavy (non-hydrogen) atoms. The van der Waals surface area contributed by atoms with Crippen LogP contribution < -0.4 is 5.32 Å². The van der Waals surface area contributed by atoms with Crippen LogP contribution in [0.3, 0.4) is 0 Å². The van der Waals surface area contributed by atoms with Gasteiger partial charge in [0.25, 0.3) is 5.69 Å². The average Bonchev–Trinajstić information content (AvgIpc) is 3.06. The van der Waals surface area contributed by atoms with Crippen LogP contribution in [0.4, 0.5) is 15.8 Å². The molecule has 0 aliphatic rings. The summed E-state index contributed by atoms with van der Waals surface area (Å²) in [7, 11) is 0. The van der Waals surface area contributed by atoms with Crippen molar-refractivity contribution in [3.05, 3.63) is 69.7 Å². The van der Waals surface area contributed by atoms with Crippen LogP contribution in [0.2, 0.25) is 5.02 Å². The lowest BCUT2D eigenvalue weighted by Crippen LogP contribution is -2.19. The summed E-state index contributed by atoms with van der Waals surface area (Å²) < 4.78 is 14.3. The summed E-state index contributed by atoms with van der Waals surface area (Å²) in [6, 6.07) is 9.48. The molecule has 0 aliphatic carbocycles. The number of nitro benzene ring substituents is 1. The van der Waals surface area contributed by atoms with Crippen molar-refractivity contribution in [2.75, 3.05) is 5.32 Å². The van der Waals surface area contributed by atoms with E-state index in [0.717, 1.165) is 6.07 Å². The van der Waals surface area contributed by atoms with Crippen molar-refractivity contribution in [3.8, 4) is 11.4 Å². The number of rotatable bonds is 5. The Morgan fingerprint density at radius 1 is 1.31 bits per heavy atom. The molecule has 1 heterocycles. The first-order chi connectivity index (χ1) is 12.4. The van der Waals surface area contributed by atoms with Crippen LogP contribution in [-0.2, 0) is 11.3 Å². The largest absolute Gasteiger partial charge is 0.323 e. The van der Waals surface area contributed by atoms with Crippen LogP contribution in [0.5, 0.6) is 0 Å². The number of hydrogen-bond acceptors (Lipinski definition) is 5. The molecular formula is C16H11ClFN5O3. The van der Waals surface area contributed by atoms with Gasteiger partial charge in [-0.1, -0.05) is 23.7 Å². The second-order valence-electron chi connectivity index (χ2n) is 5.25. The van der Waals surface area contributed by atoms with Gasteiger partial charge in [-0.05, 0) is 18.2 Å². The zero-order chi connectivity index (χ0) is 18.7. The molecule has 2 aromatic carbocycles. The molecule has 132 valence electrons. The fourth-order valence-corrected chi connectivity index (χ4v) is 2.40. The predicted molar refractivity (Wildman–Crippen MR) is 92.2 cm³/mol. The minimum absolute atomic E-state index is 0.0780. The maximum atomic E-state index is 13.0. The van der Waals surface area contributed by atoms with Crippen LogP contribution >= 0.6 is 11.6 Å². The molecule has 0 radical (unpaired) electrons. The molecule has 1 N–H and O–H groups in total. The molecule has 0 atom stereocenters. The van der Waals surface area contributed by atoms with Gasteiger partial charge >= 0.3 is 0 Å². The van der Waals surface area contributed by atoms with Crippen molar-refractivity contribution < 1.29 is 14.1 Å². The van der Waals surface area contributed by atoms with E-state index in [-0.39, 0.29) is 28.8 Å². The van der Waals surface area contributed by atoms with E-state index in [2.05, 4.69) is 15.4 Å². The molecule has 0 saturated carbocycles. The van der Waals surface area contributed by atoms with Gasteiger partial charge in [0.2, 0.25) is 5.91 Å². The number of nitro groups is 1. The van der Waals surface area contributed by atoms with Gasteiger partial charge in [-0.15, -0.1) is 0 Å². The molecule has 0 spiro atoms.